The number of thiophene rings is 1. The summed E-state index contributed by atoms with van der Waals surface area (Å²) in [5.74, 6) is 0.0608. The Labute approximate surface area is 364 Å². The SMILES string of the molecule is c1ccc(-c2sc(-c3ccc(C(c4ccccc4)c4ccc(-c5cccc6c5oc5ccccc56)cc4)cc3)c3c2C2(c4ccccc4-c4ccccc42)c2ccccc2-3)cc1. The molecule has 0 saturated carbocycles. The van der Waals surface area contributed by atoms with E-state index < -0.39 is 5.41 Å². The van der Waals surface area contributed by atoms with Crippen LogP contribution in [0.25, 0.3) is 76.2 Å². The van der Waals surface area contributed by atoms with Crippen LogP contribution in [0.2, 0.25) is 0 Å². The molecule has 2 aliphatic rings. The molecule has 0 N–H and O–H groups in total. The molecule has 0 aliphatic heterocycles. The summed E-state index contributed by atoms with van der Waals surface area (Å²) in [5.41, 5.74) is 20.8. The Morgan fingerprint density at radius 3 is 1.52 bits per heavy atom. The zero-order valence-corrected chi connectivity index (χ0v) is 34.6. The second-order valence-electron chi connectivity index (χ2n) is 16.6. The van der Waals surface area contributed by atoms with Gasteiger partial charge in [0, 0.05) is 37.6 Å². The zero-order chi connectivity index (χ0) is 40.8. The van der Waals surface area contributed by atoms with Gasteiger partial charge in [0.15, 0.2) is 0 Å². The predicted molar refractivity (Wildman–Crippen MR) is 258 cm³/mol. The van der Waals surface area contributed by atoms with E-state index >= 15 is 0 Å². The molecule has 1 unspecified atom stereocenters. The number of benzene rings is 9. The van der Waals surface area contributed by atoms with Crippen molar-refractivity contribution < 1.29 is 4.42 Å². The van der Waals surface area contributed by atoms with Gasteiger partial charge in [-0.25, -0.2) is 0 Å². The first-order valence-electron chi connectivity index (χ1n) is 21.5. The largest absolute Gasteiger partial charge is 0.455 e. The zero-order valence-electron chi connectivity index (χ0n) is 33.8. The summed E-state index contributed by atoms with van der Waals surface area (Å²) in [5, 5.41) is 2.29. The van der Waals surface area contributed by atoms with Crippen molar-refractivity contribution in [2.45, 2.75) is 11.3 Å². The minimum absolute atomic E-state index is 0.0608. The molecule has 2 heterocycles. The Morgan fingerprint density at radius 1 is 0.355 bits per heavy atom. The molecule has 0 radical (unpaired) electrons. The maximum absolute atomic E-state index is 6.43. The van der Waals surface area contributed by atoms with Gasteiger partial charge in [-0.3, -0.25) is 0 Å². The van der Waals surface area contributed by atoms with E-state index in [1.54, 1.807) is 0 Å². The molecule has 13 rings (SSSR count). The van der Waals surface area contributed by atoms with Gasteiger partial charge in [0.05, 0.1) is 5.41 Å². The van der Waals surface area contributed by atoms with E-state index in [0.29, 0.717) is 0 Å². The van der Waals surface area contributed by atoms with E-state index in [-0.39, 0.29) is 5.92 Å². The lowest BCUT2D eigenvalue weighted by atomic mass is 9.70. The molecule has 2 aromatic heterocycles. The van der Waals surface area contributed by atoms with Gasteiger partial charge in [0.1, 0.15) is 11.2 Å². The van der Waals surface area contributed by atoms with Crippen LogP contribution >= 0.6 is 11.3 Å². The number of furan rings is 1. The van der Waals surface area contributed by atoms with E-state index in [2.05, 4.69) is 218 Å². The monoisotopic (exact) mass is 806 g/mol. The number of para-hydroxylation sites is 2. The Morgan fingerprint density at radius 2 is 0.839 bits per heavy atom. The minimum atomic E-state index is -0.417. The molecule has 0 bridgehead atoms. The average molecular weight is 807 g/mol. The molecule has 1 spiro atoms. The smallest absolute Gasteiger partial charge is 0.143 e. The fourth-order valence-electron chi connectivity index (χ4n) is 10.9. The van der Waals surface area contributed by atoms with E-state index in [1.807, 2.05) is 17.4 Å². The first kappa shape index (κ1) is 35.3. The molecule has 0 fully saturated rings. The molecule has 0 saturated heterocycles. The van der Waals surface area contributed by atoms with Crippen LogP contribution < -0.4 is 0 Å². The third-order valence-corrected chi connectivity index (χ3v) is 14.8. The van der Waals surface area contributed by atoms with Crippen molar-refractivity contribution in [2.75, 3.05) is 0 Å². The third-order valence-electron chi connectivity index (χ3n) is 13.5. The van der Waals surface area contributed by atoms with Crippen LogP contribution in [0.4, 0.5) is 0 Å². The van der Waals surface area contributed by atoms with Crippen molar-refractivity contribution in [3.63, 3.8) is 0 Å². The Bertz CT molecular complexity index is 3450. The van der Waals surface area contributed by atoms with Crippen LogP contribution in [0.1, 0.15) is 44.9 Å². The first-order valence-corrected chi connectivity index (χ1v) is 22.3. The molecule has 1 nitrogen and oxygen atoms in total. The van der Waals surface area contributed by atoms with Crippen LogP contribution in [0, 0.1) is 0 Å². The maximum atomic E-state index is 6.43. The summed E-state index contributed by atoms with van der Waals surface area (Å²) in [6, 6.07) is 82.7. The van der Waals surface area contributed by atoms with E-state index in [9.17, 15) is 0 Å². The van der Waals surface area contributed by atoms with E-state index in [0.717, 1.165) is 33.1 Å². The first-order chi connectivity index (χ1) is 30.8. The summed E-state index contributed by atoms with van der Waals surface area (Å²) in [4.78, 5) is 2.65. The van der Waals surface area contributed by atoms with Crippen molar-refractivity contribution in [1.29, 1.82) is 0 Å². The summed E-state index contributed by atoms with van der Waals surface area (Å²) < 4.78 is 6.43. The van der Waals surface area contributed by atoms with E-state index in [4.69, 9.17) is 4.42 Å². The van der Waals surface area contributed by atoms with E-state index in [1.165, 1.54) is 82.1 Å². The maximum Gasteiger partial charge on any atom is 0.143 e. The molecular formula is C60H38OS. The summed E-state index contributed by atoms with van der Waals surface area (Å²) >= 11 is 1.94. The lowest BCUT2D eigenvalue weighted by Gasteiger charge is -2.31. The average Bonchev–Trinajstić information content (AvgIpc) is 4.09. The molecule has 62 heavy (non-hydrogen) atoms. The van der Waals surface area contributed by atoms with Gasteiger partial charge in [0.2, 0.25) is 0 Å². The topological polar surface area (TPSA) is 13.1 Å². The number of rotatable bonds is 6. The van der Waals surface area contributed by atoms with Crippen LogP contribution in [0.15, 0.2) is 229 Å². The van der Waals surface area contributed by atoms with Crippen LogP contribution in [-0.2, 0) is 5.41 Å². The summed E-state index contributed by atoms with van der Waals surface area (Å²) in [6.07, 6.45) is 0. The number of hydrogen-bond donors (Lipinski definition) is 0. The highest BCUT2D eigenvalue weighted by Crippen LogP contribution is 2.68. The van der Waals surface area contributed by atoms with Crippen molar-refractivity contribution in [3.8, 4) is 54.3 Å². The summed E-state index contributed by atoms with van der Waals surface area (Å²) in [6.45, 7) is 0. The van der Waals surface area contributed by atoms with Crippen LogP contribution in [0.3, 0.4) is 0 Å². The van der Waals surface area contributed by atoms with Gasteiger partial charge in [-0.2, -0.15) is 0 Å². The molecule has 2 aliphatic carbocycles. The lowest BCUT2D eigenvalue weighted by Crippen LogP contribution is -2.26. The molecule has 2 heteroatoms. The van der Waals surface area contributed by atoms with Crippen molar-refractivity contribution in [2.24, 2.45) is 0 Å². The number of fused-ring (bicyclic) bond motifs is 13. The highest BCUT2D eigenvalue weighted by Gasteiger charge is 2.54. The van der Waals surface area contributed by atoms with Gasteiger partial charge >= 0.3 is 0 Å². The molecular weight excluding hydrogens is 769 g/mol. The predicted octanol–water partition coefficient (Wildman–Crippen LogP) is 16.2. The third kappa shape index (κ3) is 5.02. The Hall–Kier alpha value is -7.52. The Balaban J connectivity index is 0.959. The molecule has 9 aromatic carbocycles. The highest BCUT2D eigenvalue weighted by molar-refractivity contribution is 7.19. The second kappa shape index (κ2) is 13.8. The standard InChI is InChI=1S/C60H38OS/c1-3-16-39(17-4-1)54(40-32-30-38(31-33-40)44-24-15-25-48-47-22-10-14-29-53(47)61-57(44)48)41-34-36-43(37-35-41)58-55-49-23-9-13-28-52(49)60(56(55)59(62-58)42-18-5-2-6-19-42)50-26-11-7-20-45(50)46-21-8-12-27-51(46)60/h1-37,54H. The number of hydrogen-bond acceptors (Lipinski definition) is 2. The second-order valence-corrected chi connectivity index (χ2v) is 17.7. The van der Waals surface area contributed by atoms with Crippen LogP contribution in [-0.4, -0.2) is 0 Å². The summed E-state index contributed by atoms with van der Waals surface area (Å²) in [7, 11) is 0. The van der Waals surface area contributed by atoms with Gasteiger partial charge in [-0.15, -0.1) is 11.3 Å². The Kier molecular flexibility index (Phi) is 7.82. The fourth-order valence-corrected chi connectivity index (χ4v) is 12.3. The minimum Gasteiger partial charge on any atom is -0.455 e. The lowest BCUT2D eigenvalue weighted by molar-refractivity contribution is 0.670. The van der Waals surface area contributed by atoms with Gasteiger partial charge in [0.25, 0.3) is 0 Å². The molecule has 11 aromatic rings. The molecule has 0 amide bonds. The molecule has 1 atom stereocenters. The van der Waals surface area contributed by atoms with Gasteiger partial charge in [-0.05, 0) is 78.4 Å². The quantitative estimate of drug-likeness (QED) is 0.153. The fraction of sp³-hybridized carbons (Fsp3) is 0.0333. The van der Waals surface area contributed by atoms with Gasteiger partial charge < -0.3 is 4.42 Å². The van der Waals surface area contributed by atoms with Crippen molar-refractivity contribution in [1.82, 2.24) is 0 Å². The van der Waals surface area contributed by atoms with Gasteiger partial charge in [-0.1, -0.05) is 218 Å². The highest BCUT2D eigenvalue weighted by atomic mass is 32.1. The van der Waals surface area contributed by atoms with Crippen LogP contribution in [0.5, 0.6) is 0 Å². The van der Waals surface area contributed by atoms with Crippen molar-refractivity contribution >= 4 is 33.3 Å². The molecule has 290 valence electrons. The normalized spacial score (nSPS) is 13.5. The van der Waals surface area contributed by atoms with Crippen molar-refractivity contribution in [3.05, 3.63) is 263 Å².